The molecular weight excluding hydrogens is 320 g/mol. The molecule has 0 bridgehead atoms. The van der Waals surface area contributed by atoms with E-state index in [0.29, 0.717) is 12.8 Å². The van der Waals surface area contributed by atoms with E-state index in [1.54, 1.807) is 0 Å². The maximum Gasteiger partial charge on any atom is 0.0620 e. The first-order chi connectivity index (χ1) is 11.5. The molecular formula is C20H23O3S-. The third-order valence-corrected chi connectivity index (χ3v) is 6.16. The molecule has 1 saturated carbocycles. The molecule has 1 fully saturated rings. The van der Waals surface area contributed by atoms with Crippen molar-refractivity contribution in [2.45, 2.75) is 43.5 Å². The van der Waals surface area contributed by atoms with Gasteiger partial charge in [0.1, 0.15) is 0 Å². The number of rotatable bonds is 4. The molecule has 3 rings (SSSR count). The van der Waals surface area contributed by atoms with Gasteiger partial charge in [-0.3, -0.25) is 4.21 Å². The molecule has 1 aliphatic carbocycles. The van der Waals surface area contributed by atoms with Crippen LogP contribution in [-0.4, -0.2) is 19.5 Å². The van der Waals surface area contributed by atoms with Crippen molar-refractivity contribution < 1.29 is 13.9 Å². The molecule has 2 unspecified atom stereocenters. The molecule has 1 N–H and O–H groups in total. The highest BCUT2D eigenvalue weighted by Crippen LogP contribution is 2.41. The Morgan fingerprint density at radius 3 is 2.12 bits per heavy atom. The van der Waals surface area contributed by atoms with E-state index < -0.39 is 21.9 Å². The van der Waals surface area contributed by atoms with Gasteiger partial charge in [-0.15, -0.1) is 0 Å². The molecule has 0 heterocycles. The summed E-state index contributed by atoms with van der Waals surface area (Å²) < 4.78 is 23.7. The summed E-state index contributed by atoms with van der Waals surface area (Å²) in [6, 6.07) is 17.9. The molecule has 0 amide bonds. The van der Waals surface area contributed by atoms with E-state index in [2.05, 4.69) is 0 Å². The van der Waals surface area contributed by atoms with Gasteiger partial charge in [0.2, 0.25) is 0 Å². The van der Waals surface area contributed by atoms with Crippen molar-refractivity contribution in [3.05, 3.63) is 60.2 Å². The summed E-state index contributed by atoms with van der Waals surface area (Å²) in [7, 11) is 0. The lowest BCUT2D eigenvalue weighted by atomic mass is 9.77. The topological polar surface area (TPSA) is 60.4 Å². The molecule has 24 heavy (non-hydrogen) atoms. The van der Waals surface area contributed by atoms with Gasteiger partial charge in [0.15, 0.2) is 0 Å². The van der Waals surface area contributed by atoms with Crippen LogP contribution >= 0.6 is 0 Å². The van der Waals surface area contributed by atoms with Crippen LogP contribution < -0.4 is 0 Å². The van der Waals surface area contributed by atoms with Crippen molar-refractivity contribution in [1.82, 2.24) is 0 Å². The summed E-state index contributed by atoms with van der Waals surface area (Å²) in [4.78, 5) is 0. The molecule has 0 saturated heterocycles. The van der Waals surface area contributed by atoms with Gasteiger partial charge in [0.25, 0.3) is 0 Å². The Balaban J connectivity index is 1.81. The highest BCUT2D eigenvalue weighted by atomic mass is 32.2. The maximum absolute atomic E-state index is 11.9. The number of aliphatic hydroxyl groups is 1. The van der Waals surface area contributed by atoms with Crippen LogP contribution in [0.15, 0.2) is 54.6 Å². The second-order valence-electron chi connectivity index (χ2n) is 7.00. The Kier molecular flexibility index (Phi) is 5.18. The Bertz CT molecular complexity index is 685. The predicted molar refractivity (Wildman–Crippen MR) is 96.1 cm³/mol. The normalized spacial score (nSPS) is 26.7. The fourth-order valence-electron chi connectivity index (χ4n) is 3.60. The maximum atomic E-state index is 11.9. The second-order valence-corrected chi connectivity index (χ2v) is 8.03. The first-order valence-corrected chi connectivity index (χ1v) is 9.56. The second kappa shape index (κ2) is 7.18. The fourth-order valence-corrected chi connectivity index (χ4v) is 4.57. The minimum absolute atomic E-state index is 0.0751. The lowest BCUT2D eigenvalue weighted by Gasteiger charge is -2.38. The molecule has 2 aromatic carbocycles. The van der Waals surface area contributed by atoms with Crippen molar-refractivity contribution in [2.75, 3.05) is 0 Å². The molecule has 0 radical (unpaired) electrons. The quantitative estimate of drug-likeness (QED) is 0.846. The summed E-state index contributed by atoms with van der Waals surface area (Å²) >= 11 is -2.16. The molecule has 2 aromatic rings. The number of benzene rings is 2. The van der Waals surface area contributed by atoms with Crippen molar-refractivity contribution >= 4 is 11.1 Å². The largest absolute Gasteiger partial charge is 0.772 e. The molecule has 1 aliphatic rings. The van der Waals surface area contributed by atoms with Gasteiger partial charge in [-0.25, -0.2) is 0 Å². The van der Waals surface area contributed by atoms with Crippen LogP contribution in [0, 0.1) is 5.92 Å². The van der Waals surface area contributed by atoms with Crippen LogP contribution in [0.5, 0.6) is 0 Å². The summed E-state index contributed by atoms with van der Waals surface area (Å²) in [5.41, 5.74) is 2.40. The molecule has 128 valence electrons. The Hall–Kier alpha value is -1.49. The minimum atomic E-state index is -2.16. The van der Waals surface area contributed by atoms with Gasteiger partial charge in [-0.1, -0.05) is 54.6 Å². The smallest absolute Gasteiger partial charge is 0.0620 e. The van der Waals surface area contributed by atoms with Gasteiger partial charge >= 0.3 is 0 Å². The predicted octanol–water partition coefficient (Wildman–Crippen LogP) is 4.22. The molecule has 0 spiro atoms. The van der Waals surface area contributed by atoms with Crippen LogP contribution in [0.1, 0.15) is 43.4 Å². The zero-order valence-corrected chi connectivity index (χ0v) is 14.7. The summed E-state index contributed by atoms with van der Waals surface area (Å²) in [6.07, 6.45) is 2.80. The van der Waals surface area contributed by atoms with Gasteiger partial charge in [0, 0.05) is 5.25 Å². The van der Waals surface area contributed by atoms with E-state index in [1.165, 1.54) is 0 Å². The van der Waals surface area contributed by atoms with E-state index in [-0.39, 0.29) is 5.92 Å². The van der Waals surface area contributed by atoms with Gasteiger partial charge in [0.05, 0.1) is 5.60 Å². The average molecular weight is 343 g/mol. The molecule has 4 heteroatoms. The van der Waals surface area contributed by atoms with Crippen LogP contribution in [0.2, 0.25) is 0 Å². The van der Waals surface area contributed by atoms with E-state index in [1.807, 2.05) is 61.5 Å². The van der Waals surface area contributed by atoms with Crippen molar-refractivity contribution in [2.24, 2.45) is 5.92 Å². The highest BCUT2D eigenvalue weighted by Gasteiger charge is 2.33. The highest BCUT2D eigenvalue weighted by molar-refractivity contribution is 7.79. The monoisotopic (exact) mass is 343 g/mol. The van der Waals surface area contributed by atoms with E-state index >= 15 is 0 Å². The van der Waals surface area contributed by atoms with E-state index in [9.17, 15) is 13.9 Å². The summed E-state index contributed by atoms with van der Waals surface area (Å²) in [6.45, 7) is 1.83. The third-order valence-electron chi connectivity index (χ3n) is 5.09. The van der Waals surface area contributed by atoms with Crippen molar-refractivity contribution in [1.29, 1.82) is 0 Å². The lowest BCUT2D eigenvalue weighted by molar-refractivity contribution is 0.00730. The minimum Gasteiger partial charge on any atom is -0.772 e. The standard InChI is InChI=1S/C20H24O3S/c1-20(21)13-11-18(12-14-20)19(24(22)23)17-9-7-16(8-10-17)15-5-3-2-4-6-15/h2-10,18-19,21H,11-14H2,1H3,(H,22,23)/p-1. The third kappa shape index (κ3) is 3.94. The van der Waals surface area contributed by atoms with Crippen LogP contribution in [0.4, 0.5) is 0 Å². The molecule has 0 aromatic heterocycles. The number of hydrogen-bond acceptors (Lipinski definition) is 3. The van der Waals surface area contributed by atoms with Crippen LogP contribution in [0.25, 0.3) is 11.1 Å². The van der Waals surface area contributed by atoms with Crippen LogP contribution in [-0.2, 0) is 11.1 Å². The van der Waals surface area contributed by atoms with Gasteiger partial charge in [-0.05, 0) is 66.3 Å². The van der Waals surface area contributed by atoms with Crippen LogP contribution in [0.3, 0.4) is 0 Å². The zero-order valence-electron chi connectivity index (χ0n) is 13.9. The van der Waals surface area contributed by atoms with Gasteiger partial charge in [-0.2, -0.15) is 0 Å². The molecule has 0 aliphatic heterocycles. The first kappa shape index (κ1) is 17.3. The number of hydrogen-bond donors (Lipinski definition) is 1. The first-order valence-electron chi connectivity index (χ1n) is 8.42. The van der Waals surface area contributed by atoms with Gasteiger partial charge < -0.3 is 9.66 Å². The fraction of sp³-hybridized carbons (Fsp3) is 0.400. The van der Waals surface area contributed by atoms with E-state index in [0.717, 1.165) is 29.5 Å². The molecule has 2 atom stereocenters. The Morgan fingerprint density at radius 1 is 1.04 bits per heavy atom. The average Bonchev–Trinajstić information content (AvgIpc) is 2.58. The van der Waals surface area contributed by atoms with Crippen molar-refractivity contribution in [3.63, 3.8) is 0 Å². The van der Waals surface area contributed by atoms with Crippen molar-refractivity contribution in [3.8, 4) is 11.1 Å². The molecule has 3 nitrogen and oxygen atoms in total. The zero-order chi connectivity index (χ0) is 17.2. The Labute approximate surface area is 146 Å². The Morgan fingerprint density at radius 2 is 1.58 bits per heavy atom. The summed E-state index contributed by atoms with van der Waals surface area (Å²) in [5.74, 6) is 0.0751. The SMILES string of the molecule is CC1(O)CCC(C(c2ccc(-c3ccccc3)cc2)S(=O)[O-])CC1. The lowest BCUT2D eigenvalue weighted by Crippen LogP contribution is -2.33. The van der Waals surface area contributed by atoms with E-state index in [4.69, 9.17) is 0 Å². The summed E-state index contributed by atoms with van der Waals surface area (Å²) in [5, 5.41) is 9.60.